The van der Waals surface area contributed by atoms with Crippen LogP contribution in [0, 0.1) is 0 Å². The van der Waals surface area contributed by atoms with Gasteiger partial charge in [-0.2, -0.15) is 0 Å². The molecule has 2 fully saturated rings. The predicted octanol–water partition coefficient (Wildman–Crippen LogP) is 2.98. The molecule has 0 aromatic heterocycles. The van der Waals surface area contributed by atoms with Crippen molar-refractivity contribution in [3.05, 3.63) is 29.8 Å². The fourth-order valence-electron chi connectivity index (χ4n) is 3.63. The van der Waals surface area contributed by atoms with E-state index >= 15 is 0 Å². The van der Waals surface area contributed by atoms with Gasteiger partial charge in [0.05, 0.1) is 6.61 Å². The zero-order valence-corrected chi connectivity index (χ0v) is 16.2. The number of hydrogen-bond donors (Lipinski definition) is 1. The van der Waals surface area contributed by atoms with E-state index in [4.69, 9.17) is 4.74 Å². The van der Waals surface area contributed by atoms with Crippen molar-refractivity contribution in [3.63, 3.8) is 0 Å². The second-order valence-electron chi connectivity index (χ2n) is 7.14. The Morgan fingerprint density at radius 3 is 2.41 bits per heavy atom. The number of piperidine rings is 1. The number of hydrogen-bond acceptors (Lipinski definition) is 4. The number of nitrogens with one attached hydrogen (secondary N) is 1. The van der Waals surface area contributed by atoms with Crippen molar-refractivity contribution in [2.75, 3.05) is 51.2 Å². The zero-order chi connectivity index (χ0) is 19.1. The minimum Gasteiger partial charge on any atom is -0.450 e. The number of ether oxygens (including phenoxy) is 1. The third kappa shape index (κ3) is 5.60. The Bertz CT molecular complexity index is 638. The van der Waals surface area contributed by atoms with Crippen molar-refractivity contribution in [1.29, 1.82) is 0 Å². The van der Waals surface area contributed by atoms with Crippen LogP contribution in [-0.2, 0) is 11.3 Å². The van der Waals surface area contributed by atoms with Gasteiger partial charge in [0.1, 0.15) is 0 Å². The Morgan fingerprint density at radius 1 is 1.00 bits per heavy atom. The average molecular weight is 374 g/mol. The highest BCUT2D eigenvalue weighted by atomic mass is 16.6. The molecule has 27 heavy (non-hydrogen) atoms. The van der Waals surface area contributed by atoms with Crippen LogP contribution in [0.3, 0.4) is 0 Å². The van der Waals surface area contributed by atoms with Gasteiger partial charge in [-0.25, -0.2) is 9.59 Å². The molecule has 7 heteroatoms. The lowest BCUT2D eigenvalue weighted by Gasteiger charge is -2.34. The Hall–Kier alpha value is -2.28. The highest BCUT2D eigenvalue weighted by molar-refractivity contribution is 5.89. The smallest absolute Gasteiger partial charge is 0.409 e. The van der Waals surface area contributed by atoms with E-state index in [-0.39, 0.29) is 12.1 Å². The van der Waals surface area contributed by atoms with Crippen molar-refractivity contribution in [3.8, 4) is 0 Å². The number of amides is 3. The number of nitrogens with zero attached hydrogens (tertiary/aromatic N) is 3. The number of rotatable bonds is 4. The highest BCUT2D eigenvalue weighted by Gasteiger charge is 2.24. The van der Waals surface area contributed by atoms with Gasteiger partial charge in [0.15, 0.2) is 0 Å². The van der Waals surface area contributed by atoms with Gasteiger partial charge >= 0.3 is 12.1 Å². The van der Waals surface area contributed by atoms with Crippen LogP contribution in [-0.4, -0.2) is 72.7 Å². The summed E-state index contributed by atoms with van der Waals surface area (Å²) in [7, 11) is 0. The second-order valence-corrected chi connectivity index (χ2v) is 7.14. The monoisotopic (exact) mass is 374 g/mol. The fraction of sp³-hybridized carbons (Fsp3) is 0.600. The summed E-state index contributed by atoms with van der Waals surface area (Å²) in [4.78, 5) is 30.1. The van der Waals surface area contributed by atoms with E-state index in [1.807, 2.05) is 12.1 Å². The van der Waals surface area contributed by atoms with Gasteiger partial charge in [0, 0.05) is 38.4 Å². The van der Waals surface area contributed by atoms with Crippen molar-refractivity contribution in [1.82, 2.24) is 14.7 Å². The minimum atomic E-state index is -0.303. The summed E-state index contributed by atoms with van der Waals surface area (Å²) >= 11 is 0. The molecular weight excluding hydrogens is 344 g/mol. The molecule has 2 aliphatic heterocycles. The number of benzene rings is 1. The summed E-state index contributed by atoms with van der Waals surface area (Å²) in [5.74, 6) is 0. The van der Waals surface area contributed by atoms with Gasteiger partial charge in [-0.05, 0) is 50.6 Å². The molecule has 0 atom stereocenters. The Morgan fingerprint density at radius 2 is 1.70 bits per heavy atom. The molecule has 0 aliphatic carbocycles. The lowest BCUT2D eigenvalue weighted by molar-refractivity contribution is 0.0868. The second kappa shape index (κ2) is 9.60. The minimum absolute atomic E-state index is 0.117. The Labute approximate surface area is 161 Å². The van der Waals surface area contributed by atoms with Crippen LogP contribution < -0.4 is 5.32 Å². The van der Waals surface area contributed by atoms with E-state index < -0.39 is 0 Å². The van der Waals surface area contributed by atoms with E-state index in [9.17, 15) is 9.59 Å². The summed E-state index contributed by atoms with van der Waals surface area (Å²) in [5.41, 5.74) is 2.05. The molecule has 0 bridgehead atoms. The fourth-order valence-corrected chi connectivity index (χ4v) is 3.63. The summed E-state index contributed by atoms with van der Waals surface area (Å²) in [6, 6.07) is 7.97. The number of urea groups is 1. The molecule has 1 N–H and O–H groups in total. The van der Waals surface area contributed by atoms with Gasteiger partial charge in [0.25, 0.3) is 0 Å². The van der Waals surface area contributed by atoms with Crippen LogP contribution in [0.5, 0.6) is 0 Å². The number of piperazine rings is 1. The first kappa shape index (κ1) is 19.5. The average Bonchev–Trinajstić information content (AvgIpc) is 2.69. The maximum atomic E-state index is 12.5. The van der Waals surface area contributed by atoms with Gasteiger partial charge in [-0.1, -0.05) is 18.6 Å². The Balaban J connectivity index is 1.49. The predicted molar refractivity (Wildman–Crippen MR) is 105 cm³/mol. The van der Waals surface area contributed by atoms with Crippen molar-refractivity contribution >= 4 is 17.8 Å². The molecule has 3 amide bonds. The van der Waals surface area contributed by atoms with E-state index in [0.29, 0.717) is 32.8 Å². The van der Waals surface area contributed by atoms with Crippen LogP contribution in [0.25, 0.3) is 0 Å². The van der Waals surface area contributed by atoms with Gasteiger partial charge in [-0.15, -0.1) is 0 Å². The maximum Gasteiger partial charge on any atom is 0.409 e. The van der Waals surface area contributed by atoms with Crippen LogP contribution >= 0.6 is 0 Å². The quantitative estimate of drug-likeness (QED) is 0.880. The molecule has 7 nitrogen and oxygen atoms in total. The molecule has 0 saturated carbocycles. The number of carbonyl (C=O) groups is 2. The zero-order valence-electron chi connectivity index (χ0n) is 16.2. The topological polar surface area (TPSA) is 65.1 Å². The molecule has 2 saturated heterocycles. The third-order valence-electron chi connectivity index (χ3n) is 5.13. The van der Waals surface area contributed by atoms with Crippen LogP contribution in [0.1, 0.15) is 31.7 Å². The molecule has 0 radical (unpaired) electrons. The largest absolute Gasteiger partial charge is 0.450 e. The molecule has 1 aromatic carbocycles. The van der Waals surface area contributed by atoms with E-state index in [2.05, 4.69) is 22.3 Å². The van der Waals surface area contributed by atoms with Gasteiger partial charge in [0.2, 0.25) is 0 Å². The summed E-state index contributed by atoms with van der Waals surface area (Å²) in [6.45, 7) is 7.43. The van der Waals surface area contributed by atoms with Gasteiger partial charge in [-0.3, -0.25) is 4.90 Å². The molecule has 2 heterocycles. The number of anilines is 1. The first-order valence-corrected chi connectivity index (χ1v) is 9.94. The summed E-state index contributed by atoms with van der Waals surface area (Å²) < 4.78 is 5.01. The van der Waals surface area contributed by atoms with Crippen LogP contribution in [0.2, 0.25) is 0 Å². The lowest BCUT2D eigenvalue weighted by Crippen LogP contribution is -2.51. The molecule has 148 valence electrons. The summed E-state index contributed by atoms with van der Waals surface area (Å²) in [5, 5.41) is 2.99. The molecule has 0 spiro atoms. The maximum absolute atomic E-state index is 12.5. The highest BCUT2D eigenvalue weighted by Crippen LogP contribution is 2.17. The molecule has 2 aliphatic rings. The van der Waals surface area contributed by atoms with E-state index in [1.54, 1.807) is 16.7 Å². The number of carbonyl (C=O) groups excluding carboxylic acids is 2. The third-order valence-corrected chi connectivity index (χ3v) is 5.13. The normalized spacial score (nSPS) is 18.3. The first-order valence-electron chi connectivity index (χ1n) is 9.94. The molecule has 3 rings (SSSR count). The standard InChI is InChI=1S/C20H30N4O3/c1-2-27-20(26)24-13-11-23(12-14-24)19(25)21-18-8-6-7-17(15-18)16-22-9-4-3-5-10-22/h6-8,15H,2-5,9-14,16H2,1H3,(H,21,25). The van der Waals surface area contributed by atoms with Gasteiger partial charge < -0.3 is 19.9 Å². The molecule has 1 aromatic rings. The molecular formula is C20H30N4O3. The SMILES string of the molecule is CCOC(=O)N1CCN(C(=O)Nc2cccc(CN3CCCCC3)c2)CC1. The first-order chi connectivity index (χ1) is 13.2. The lowest BCUT2D eigenvalue weighted by atomic mass is 10.1. The van der Waals surface area contributed by atoms with E-state index in [0.717, 1.165) is 25.3 Å². The molecule has 0 unspecified atom stereocenters. The van der Waals surface area contributed by atoms with Crippen molar-refractivity contribution in [2.24, 2.45) is 0 Å². The Kier molecular flexibility index (Phi) is 6.92. The van der Waals surface area contributed by atoms with Crippen LogP contribution in [0.15, 0.2) is 24.3 Å². The van der Waals surface area contributed by atoms with E-state index in [1.165, 1.54) is 24.8 Å². The van der Waals surface area contributed by atoms with Crippen molar-refractivity contribution < 1.29 is 14.3 Å². The summed E-state index contributed by atoms with van der Waals surface area (Å²) in [6.07, 6.45) is 3.57. The van der Waals surface area contributed by atoms with Crippen LogP contribution in [0.4, 0.5) is 15.3 Å². The van der Waals surface area contributed by atoms with Crippen molar-refractivity contribution in [2.45, 2.75) is 32.7 Å². The number of likely N-dealkylation sites (tertiary alicyclic amines) is 1.